The van der Waals surface area contributed by atoms with Crippen molar-refractivity contribution < 1.29 is 9.53 Å². The van der Waals surface area contributed by atoms with Crippen molar-refractivity contribution >= 4 is 33.3 Å². The Morgan fingerprint density at radius 2 is 1.93 bits per heavy atom. The van der Waals surface area contributed by atoms with E-state index in [2.05, 4.69) is 15.4 Å². The van der Waals surface area contributed by atoms with E-state index in [1.165, 1.54) is 10.9 Å². The lowest BCUT2D eigenvalue weighted by Crippen LogP contribution is -2.29. The average Bonchev–Trinajstić information content (AvgIpc) is 2.76. The van der Waals surface area contributed by atoms with E-state index in [1.54, 1.807) is 49.7 Å². The quantitative estimate of drug-likeness (QED) is 0.519. The van der Waals surface area contributed by atoms with E-state index in [-0.39, 0.29) is 17.7 Å². The molecule has 0 atom stereocenters. The van der Waals surface area contributed by atoms with E-state index in [0.29, 0.717) is 40.5 Å². The lowest BCUT2D eigenvalue weighted by molar-refractivity contribution is -0.117. The molecule has 0 spiro atoms. The van der Waals surface area contributed by atoms with Gasteiger partial charge in [0.1, 0.15) is 6.54 Å². The maximum atomic E-state index is 12.6. The maximum absolute atomic E-state index is 12.6. The van der Waals surface area contributed by atoms with Crippen molar-refractivity contribution in [3.8, 4) is 0 Å². The van der Waals surface area contributed by atoms with Crippen LogP contribution >= 0.6 is 0 Å². The molecule has 0 unspecified atom stereocenters. The summed E-state index contributed by atoms with van der Waals surface area (Å²) in [4.78, 5) is 41.9. The highest BCUT2D eigenvalue weighted by molar-refractivity contribution is 5.93. The minimum Gasteiger partial charge on any atom is -0.383 e. The SMILES string of the molecule is COCCn1cnc2ccc(NC(=O)Cn3ncc4ccccc4c3=O)cc2c1=O. The minimum absolute atomic E-state index is 0.222. The number of anilines is 1. The zero-order valence-electron chi connectivity index (χ0n) is 16.2. The van der Waals surface area contributed by atoms with Crippen molar-refractivity contribution in [2.45, 2.75) is 13.1 Å². The highest BCUT2D eigenvalue weighted by atomic mass is 16.5. The second-order valence-electron chi connectivity index (χ2n) is 6.71. The normalized spacial score (nSPS) is 11.1. The number of rotatable bonds is 6. The molecule has 0 fully saturated rings. The third-order valence-corrected chi connectivity index (χ3v) is 4.70. The Bertz CT molecular complexity index is 1360. The van der Waals surface area contributed by atoms with Gasteiger partial charge in [-0.15, -0.1) is 0 Å². The van der Waals surface area contributed by atoms with Crippen molar-refractivity contribution in [3.05, 3.63) is 75.7 Å². The Morgan fingerprint density at radius 1 is 1.10 bits per heavy atom. The molecule has 1 N–H and O–H groups in total. The average molecular weight is 405 g/mol. The van der Waals surface area contributed by atoms with Crippen LogP contribution in [0.5, 0.6) is 0 Å². The molecule has 9 heteroatoms. The number of nitrogens with zero attached hydrogens (tertiary/aromatic N) is 4. The number of ether oxygens (including phenoxy) is 1. The Balaban J connectivity index is 1.57. The van der Waals surface area contributed by atoms with Crippen LogP contribution in [0.25, 0.3) is 21.7 Å². The molecular formula is C21H19N5O4. The van der Waals surface area contributed by atoms with E-state index in [1.807, 2.05) is 6.07 Å². The molecule has 2 heterocycles. The molecule has 4 rings (SSSR count). The molecule has 0 aliphatic carbocycles. The van der Waals surface area contributed by atoms with E-state index >= 15 is 0 Å². The van der Waals surface area contributed by atoms with Gasteiger partial charge in [0.15, 0.2) is 0 Å². The fraction of sp³-hybridized carbons (Fsp3) is 0.190. The van der Waals surface area contributed by atoms with Gasteiger partial charge in [0.2, 0.25) is 5.91 Å². The molecule has 30 heavy (non-hydrogen) atoms. The number of nitrogens with one attached hydrogen (secondary N) is 1. The van der Waals surface area contributed by atoms with E-state index < -0.39 is 5.91 Å². The summed E-state index contributed by atoms with van der Waals surface area (Å²) in [6.07, 6.45) is 3.02. The van der Waals surface area contributed by atoms with Crippen LogP contribution in [0, 0.1) is 0 Å². The molecule has 2 aromatic carbocycles. The summed E-state index contributed by atoms with van der Waals surface area (Å²) in [7, 11) is 1.56. The molecule has 4 aromatic rings. The molecule has 0 saturated heterocycles. The minimum atomic E-state index is -0.428. The van der Waals surface area contributed by atoms with E-state index in [9.17, 15) is 14.4 Å². The standard InChI is InChI=1S/C21H19N5O4/c1-30-9-8-25-13-22-18-7-6-15(10-17(18)20(25)28)24-19(27)12-26-21(29)16-5-3-2-4-14(16)11-23-26/h2-7,10-11,13H,8-9,12H2,1H3,(H,24,27). The first-order valence-corrected chi connectivity index (χ1v) is 9.29. The number of aromatic nitrogens is 4. The summed E-state index contributed by atoms with van der Waals surface area (Å²) in [5, 5.41) is 8.36. The van der Waals surface area contributed by atoms with Gasteiger partial charge in [-0.25, -0.2) is 9.67 Å². The largest absolute Gasteiger partial charge is 0.383 e. The van der Waals surface area contributed by atoms with Gasteiger partial charge in [-0.2, -0.15) is 5.10 Å². The third-order valence-electron chi connectivity index (χ3n) is 4.70. The Labute approximate surface area is 170 Å². The Hall–Kier alpha value is -3.85. The number of fused-ring (bicyclic) bond motifs is 2. The van der Waals surface area contributed by atoms with Crippen LogP contribution in [-0.4, -0.2) is 39.0 Å². The van der Waals surface area contributed by atoms with Gasteiger partial charge < -0.3 is 10.1 Å². The fourth-order valence-corrected chi connectivity index (χ4v) is 3.16. The number of carbonyl (C=O) groups is 1. The summed E-state index contributed by atoms with van der Waals surface area (Å²) in [5.41, 5.74) is 0.399. The third kappa shape index (κ3) is 3.83. The first-order valence-electron chi connectivity index (χ1n) is 9.29. The van der Waals surface area contributed by atoms with Crippen LogP contribution in [0.15, 0.2) is 64.6 Å². The highest BCUT2D eigenvalue weighted by Gasteiger charge is 2.10. The first-order chi connectivity index (χ1) is 14.6. The first kappa shape index (κ1) is 19.5. The predicted molar refractivity (Wildman–Crippen MR) is 113 cm³/mol. The smallest absolute Gasteiger partial charge is 0.275 e. The van der Waals surface area contributed by atoms with Crippen LogP contribution in [-0.2, 0) is 22.6 Å². The van der Waals surface area contributed by atoms with Gasteiger partial charge in [0.05, 0.1) is 42.0 Å². The van der Waals surface area contributed by atoms with Gasteiger partial charge in [-0.05, 0) is 24.3 Å². The van der Waals surface area contributed by atoms with Gasteiger partial charge >= 0.3 is 0 Å². The molecule has 0 radical (unpaired) electrons. The van der Waals surface area contributed by atoms with E-state index in [0.717, 1.165) is 4.68 Å². The molecule has 0 bridgehead atoms. The van der Waals surface area contributed by atoms with Crippen molar-refractivity contribution in [3.63, 3.8) is 0 Å². The van der Waals surface area contributed by atoms with Crippen LogP contribution in [0.4, 0.5) is 5.69 Å². The lowest BCUT2D eigenvalue weighted by Gasteiger charge is -2.09. The summed E-state index contributed by atoms with van der Waals surface area (Å²) < 4.78 is 7.57. The van der Waals surface area contributed by atoms with Crippen LogP contribution < -0.4 is 16.4 Å². The second kappa shape index (κ2) is 8.26. The Kier molecular flexibility index (Phi) is 5.36. The topological polar surface area (TPSA) is 108 Å². The van der Waals surface area contributed by atoms with Crippen molar-refractivity contribution in [2.24, 2.45) is 0 Å². The van der Waals surface area contributed by atoms with Crippen molar-refractivity contribution in [2.75, 3.05) is 19.0 Å². The summed E-state index contributed by atoms with van der Waals surface area (Å²) in [5.74, 6) is -0.428. The van der Waals surface area contributed by atoms with Gasteiger partial charge in [-0.1, -0.05) is 18.2 Å². The van der Waals surface area contributed by atoms with E-state index in [4.69, 9.17) is 4.74 Å². The summed E-state index contributed by atoms with van der Waals surface area (Å²) in [6.45, 7) is 0.523. The van der Waals surface area contributed by atoms with Crippen LogP contribution in [0.3, 0.4) is 0 Å². The maximum Gasteiger partial charge on any atom is 0.275 e. The molecule has 1 amide bonds. The van der Waals surface area contributed by atoms with Crippen LogP contribution in [0.1, 0.15) is 0 Å². The molecule has 152 valence electrons. The number of hydrogen-bond acceptors (Lipinski definition) is 6. The number of amides is 1. The number of hydrogen-bond donors (Lipinski definition) is 1. The van der Waals surface area contributed by atoms with Crippen molar-refractivity contribution in [1.29, 1.82) is 0 Å². The fourth-order valence-electron chi connectivity index (χ4n) is 3.16. The molecule has 0 aliphatic heterocycles. The number of carbonyl (C=O) groups excluding carboxylic acids is 1. The summed E-state index contributed by atoms with van der Waals surface area (Å²) in [6, 6.07) is 11.9. The number of benzene rings is 2. The van der Waals surface area contributed by atoms with Crippen molar-refractivity contribution in [1.82, 2.24) is 19.3 Å². The lowest BCUT2D eigenvalue weighted by atomic mass is 10.2. The molecule has 0 aliphatic rings. The van der Waals surface area contributed by atoms with Gasteiger partial charge in [0.25, 0.3) is 11.1 Å². The van der Waals surface area contributed by atoms with Crippen LogP contribution in [0.2, 0.25) is 0 Å². The molecule has 2 aromatic heterocycles. The number of methoxy groups -OCH3 is 1. The monoisotopic (exact) mass is 405 g/mol. The van der Waals surface area contributed by atoms with Gasteiger partial charge in [-0.3, -0.25) is 19.0 Å². The molecular weight excluding hydrogens is 386 g/mol. The Morgan fingerprint density at radius 3 is 2.77 bits per heavy atom. The second-order valence-corrected chi connectivity index (χ2v) is 6.71. The zero-order chi connectivity index (χ0) is 21.1. The summed E-state index contributed by atoms with van der Waals surface area (Å²) >= 11 is 0. The predicted octanol–water partition coefficient (Wildman–Crippen LogP) is 1.39. The molecule has 9 nitrogen and oxygen atoms in total. The zero-order valence-corrected chi connectivity index (χ0v) is 16.2. The highest BCUT2D eigenvalue weighted by Crippen LogP contribution is 2.14. The molecule has 0 saturated carbocycles. The van der Waals surface area contributed by atoms with Gasteiger partial charge in [0, 0.05) is 18.2 Å².